The Labute approximate surface area is 479 Å². The topological polar surface area (TPSA) is 108 Å². The van der Waals surface area contributed by atoms with Crippen LogP contribution >= 0.6 is 7.82 Å². The standard InChI is InChI=1S/C67H130NO8P/c1-6-8-10-12-14-16-18-20-21-22-23-24-25-26-27-28-29-30-31-32-33-34-35-36-37-38-39-40-41-42-43-44-45-46-47-48-50-52-54-56-58-60-67(70)76-65(64-75-77(71,72)74-62-61-68(3,4)5)63-73-66(69)59-57-55-53-51-49-19-17-15-13-11-9-7-2/h18,20,22-23,65H,6-17,19,21,24-64H2,1-5H3/p+1/b20-18-,23-22-. The van der Waals surface area contributed by atoms with E-state index in [0.29, 0.717) is 17.4 Å². The molecule has 1 N–H and O–H groups in total. The van der Waals surface area contributed by atoms with Gasteiger partial charge in [-0.05, 0) is 44.9 Å². The maximum Gasteiger partial charge on any atom is 0.472 e. The number of carbonyl (C=O) groups excluding carboxylic acids is 2. The first-order valence-corrected chi connectivity index (χ1v) is 35.1. The van der Waals surface area contributed by atoms with Crippen molar-refractivity contribution >= 4 is 19.8 Å². The second-order valence-electron chi connectivity index (χ2n) is 24.2. The van der Waals surface area contributed by atoms with Gasteiger partial charge in [0.05, 0.1) is 27.7 Å². The molecule has 77 heavy (non-hydrogen) atoms. The van der Waals surface area contributed by atoms with Gasteiger partial charge in [-0.3, -0.25) is 18.6 Å². The SMILES string of the molecule is CCCCCCC/C=C\C/C=C\CCCCCCCCCCCCCCCCCCCCCCCCCCCCCCCC(=O)OC(COC(=O)CCCCCCCCCCCCCC)COP(=O)(O)OCC[N+](C)(C)C. The zero-order valence-electron chi connectivity index (χ0n) is 52.0. The molecule has 0 fully saturated rings. The number of ether oxygens (including phenoxy) is 2. The number of rotatable bonds is 63. The smallest absolute Gasteiger partial charge is 0.462 e. The third kappa shape index (κ3) is 63.5. The maximum absolute atomic E-state index is 12.8. The van der Waals surface area contributed by atoms with Gasteiger partial charge in [0.2, 0.25) is 0 Å². The van der Waals surface area contributed by atoms with Crippen molar-refractivity contribution < 1.29 is 42.1 Å². The van der Waals surface area contributed by atoms with Gasteiger partial charge in [0.15, 0.2) is 6.10 Å². The van der Waals surface area contributed by atoms with Gasteiger partial charge in [-0.2, -0.15) is 0 Å². The number of esters is 2. The summed E-state index contributed by atoms with van der Waals surface area (Å²) in [4.78, 5) is 35.6. The molecule has 0 bridgehead atoms. The second kappa shape index (κ2) is 59.1. The summed E-state index contributed by atoms with van der Waals surface area (Å²) in [6.07, 6.45) is 73.1. The van der Waals surface area contributed by atoms with Crippen molar-refractivity contribution in [1.29, 1.82) is 0 Å². The fourth-order valence-corrected chi connectivity index (χ4v) is 10.8. The molecule has 0 aliphatic heterocycles. The van der Waals surface area contributed by atoms with Crippen LogP contribution in [0.1, 0.15) is 341 Å². The predicted molar refractivity (Wildman–Crippen MR) is 331 cm³/mol. The Balaban J connectivity index is 3.80. The van der Waals surface area contributed by atoms with E-state index in [-0.39, 0.29) is 25.6 Å². The lowest BCUT2D eigenvalue weighted by atomic mass is 10.0. The number of allylic oxidation sites excluding steroid dienone is 4. The van der Waals surface area contributed by atoms with Crippen LogP contribution in [0.4, 0.5) is 0 Å². The molecule has 0 spiro atoms. The van der Waals surface area contributed by atoms with Crippen molar-refractivity contribution in [2.45, 2.75) is 347 Å². The number of unbranched alkanes of at least 4 members (excludes halogenated alkanes) is 45. The molecule has 0 radical (unpaired) electrons. The summed E-state index contributed by atoms with van der Waals surface area (Å²) >= 11 is 0. The van der Waals surface area contributed by atoms with Crippen molar-refractivity contribution in [2.75, 3.05) is 47.5 Å². The molecule has 2 unspecified atom stereocenters. The molecule has 0 aliphatic carbocycles. The Morgan fingerprint density at radius 3 is 1.03 bits per heavy atom. The summed E-state index contributed by atoms with van der Waals surface area (Å²) in [5, 5.41) is 0. The van der Waals surface area contributed by atoms with Gasteiger partial charge in [0.1, 0.15) is 19.8 Å². The molecule has 10 heteroatoms. The number of hydrogen-bond acceptors (Lipinski definition) is 7. The van der Waals surface area contributed by atoms with Crippen LogP contribution in [0, 0.1) is 0 Å². The minimum atomic E-state index is -4.38. The maximum atomic E-state index is 12.8. The molecule has 0 aliphatic rings. The Morgan fingerprint density at radius 1 is 0.403 bits per heavy atom. The van der Waals surface area contributed by atoms with E-state index in [0.717, 1.165) is 44.9 Å². The van der Waals surface area contributed by atoms with Crippen molar-refractivity contribution in [3.63, 3.8) is 0 Å². The summed E-state index contributed by atoms with van der Waals surface area (Å²) in [6, 6.07) is 0. The van der Waals surface area contributed by atoms with Gasteiger partial charge in [0.25, 0.3) is 0 Å². The van der Waals surface area contributed by atoms with E-state index < -0.39 is 26.5 Å². The van der Waals surface area contributed by atoms with Crippen molar-refractivity contribution in [3.8, 4) is 0 Å². The average Bonchev–Trinajstić information content (AvgIpc) is 3.39. The zero-order valence-corrected chi connectivity index (χ0v) is 52.9. The van der Waals surface area contributed by atoms with Crippen LogP contribution in [-0.4, -0.2) is 74.9 Å². The first-order chi connectivity index (χ1) is 37.5. The number of phosphoric ester groups is 1. The van der Waals surface area contributed by atoms with Crippen molar-refractivity contribution in [3.05, 3.63) is 24.3 Å². The molecule has 9 nitrogen and oxygen atoms in total. The number of phosphoric acid groups is 1. The lowest BCUT2D eigenvalue weighted by Crippen LogP contribution is -2.37. The molecule has 0 aromatic rings. The number of nitrogens with zero attached hydrogens (tertiary/aromatic N) is 1. The Kier molecular flexibility index (Phi) is 58.0. The van der Waals surface area contributed by atoms with Crippen LogP contribution in [-0.2, 0) is 32.7 Å². The Bertz CT molecular complexity index is 1350. The van der Waals surface area contributed by atoms with Crippen LogP contribution in [0.3, 0.4) is 0 Å². The molecule has 0 saturated carbocycles. The molecular weight excluding hydrogens is 978 g/mol. The van der Waals surface area contributed by atoms with E-state index in [2.05, 4.69) is 38.2 Å². The molecular formula is C67H131NO8P+. The number of hydrogen-bond donors (Lipinski definition) is 1. The average molecular weight is 1110 g/mol. The van der Waals surface area contributed by atoms with Gasteiger partial charge in [-0.15, -0.1) is 0 Å². The zero-order chi connectivity index (χ0) is 56.3. The number of quaternary nitrogens is 1. The molecule has 456 valence electrons. The summed E-state index contributed by atoms with van der Waals surface area (Å²) < 4.78 is 34.6. The molecule has 0 rings (SSSR count). The third-order valence-electron chi connectivity index (χ3n) is 15.2. The number of likely N-dealkylation sites (N-methyl/N-ethyl adjacent to an activating group) is 1. The fraction of sp³-hybridized carbons (Fsp3) is 0.910. The van der Waals surface area contributed by atoms with Crippen LogP contribution < -0.4 is 0 Å². The number of carbonyl (C=O) groups is 2. The predicted octanol–water partition coefficient (Wildman–Crippen LogP) is 21.3. The highest BCUT2D eigenvalue weighted by atomic mass is 31.2. The molecule has 0 aromatic carbocycles. The molecule has 2 atom stereocenters. The monoisotopic (exact) mass is 1110 g/mol. The van der Waals surface area contributed by atoms with Crippen LogP contribution in [0.2, 0.25) is 0 Å². The molecule has 0 saturated heterocycles. The van der Waals surface area contributed by atoms with Gasteiger partial charge in [-0.1, -0.05) is 308 Å². The van der Waals surface area contributed by atoms with E-state index in [1.54, 1.807) is 0 Å². The normalized spacial score (nSPS) is 13.3. The minimum Gasteiger partial charge on any atom is -0.462 e. The lowest BCUT2D eigenvalue weighted by molar-refractivity contribution is -0.870. The van der Waals surface area contributed by atoms with Gasteiger partial charge >= 0.3 is 19.8 Å². The molecule has 0 aromatic heterocycles. The summed E-state index contributed by atoms with van der Waals surface area (Å²) in [6.45, 7) is 4.47. The second-order valence-corrected chi connectivity index (χ2v) is 25.7. The van der Waals surface area contributed by atoms with Gasteiger partial charge < -0.3 is 18.9 Å². The van der Waals surface area contributed by atoms with Gasteiger partial charge in [-0.25, -0.2) is 4.57 Å². The first kappa shape index (κ1) is 75.5. The van der Waals surface area contributed by atoms with E-state index >= 15 is 0 Å². The van der Waals surface area contributed by atoms with E-state index in [1.807, 2.05) is 21.1 Å². The highest BCUT2D eigenvalue weighted by Gasteiger charge is 2.27. The van der Waals surface area contributed by atoms with Crippen LogP contribution in [0.5, 0.6) is 0 Å². The Hall–Kier alpha value is -1.51. The van der Waals surface area contributed by atoms with E-state index in [1.165, 1.54) is 270 Å². The summed E-state index contributed by atoms with van der Waals surface area (Å²) in [5.41, 5.74) is 0. The largest absolute Gasteiger partial charge is 0.472 e. The summed E-state index contributed by atoms with van der Waals surface area (Å²) in [7, 11) is 1.50. The van der Waals surface area contributed by atoms with Crippen LogP contribution in [0.25, 0.3) is 0 Å². The summed E-state index contributed by atoms with van der Waals surface area (Å²) in [5.74, 6) is -0.778. The van der Waals surface area contributed by atoms with Crippen molar-refractivity contribution in [2.24, 2.45) is 0 Å². The molecule has 0 heterocycles. The highest BCUT2D eigenvalue weighted by Crippen LogP contribution is 2.43. The molecule has 0 amide bonds. The first-order valence-electron chi connectivity index (χ1n) is 33.6. The van der Waals surface area contributed by atoms with E-state index in [4.69, 9.17) is 18.5 Å². The highest BCUT2D eigenvalue weighted by molar-refractivity contribution is 7.47. The van der Waals surface area contributed by atoms with Gasteiger partial charge in [0, 0.05) is 12.8 Å². The lowest BCUT2D eigenvalue weighted by Gasteiger charge is -2.24. The van der Waals surface area contributed by atoms with Crippen molar-refractivity contribution in [1.82, 2.24) is 0 Å². The quantitative estimate of drug-likeness (QED) is 0.0211. The van der Waals surface area contributed by atoms with E-state index in [9.17, 15) is 19.0 Å². The Morgan fingerprint density at radius 2 is 0.701 bits per heavy atom. The minimum absolute atomic E-state index is 0.0361. The fourth-order valence-electron chi connectivity index (χ4n) is 10.1. The third-order valence-corrected chi connectivity index (χ3v) is 16.2. The van der Waals surface area contributed by atoms with Crippen LogP contribution in [0.15, 0.2) is 24.3 Å².